The van der Waals surface area contributed by atoms with E-state index in [9.17, 15) is 0 Å². The van der Waals surface area contributed by atoms with E-state index in [-0.39, 0.29) is 0 Å². The van der Waals surface area contributed by atoms with E-state index in [1.54, 1.807) is 49.8 Å². The van der Waals surface area contributed by atoms with Crippen LogP contribution in [0.1, 0.15) is 53.5 Å². The van der Waals surface area contributed by atoms with Crippen LogP contribution in [0.5, 0.6) is 40.2 Å². The molecule has 0 saturated carbocycles. The van der Waals surface area contributed by atoms with Crippen LogP contribution in [0.2, 0.25) is 0 Å². The van der Waals surface area contributed by atoms with Crippen molar-refractivity contribution < 1.29 is 37.9 Å². The summed E-state index contributed by atoms with van der Waals surface area (Å²) < 4.78 is 45.1. The zero-order valence-corrected chi connectivity index (χ0v) is 27.3. The minimum atomic E-state index is 0.581. The molecule has 0 radical (unpaired) electrons. The van der Waals surface area contributed by atoms with Crippen molar-refractivity contribution >= 4 is 24.3 Å². The highest BCUT2D eigenvalue weighted by molar-refractivity contribution is 5.80. The van der Waals surface area contributed by atoms with Gasteiger partial charge in [0.15, 0.2) is 11.5 Å². The van der Waals surface area contributed by atoms with E-state index in [0.717, 1.165) is 71.6 Å². The maximum absolute atomic E-state index is 6.08. The van der Waals surface area contributed by atoms with Gasteiger partial charge in [-0.3, -0.25) is 0 Å². The van der Waals surface area contributed by atoms with Gasteiger partial charge >= 0.3 is 0 Å². The van der Waals surface area contributed by atoms with Crippen LogP contribution < -0.4 is 33.2 Å². The highest BCUT2D eigenvalue weighted by atomic mass is 16.5. The molecular formula is C36H46O8. The minimum Gasteiger partial charge on any atom is -0.496 e. The summed E-state index contributed by atoms with van der Waals surface area (Å²) >= 11 is 0. The number of methoxy groups -OCH3 is 7. The summed E-state index contributed by atoms with van der Waals surface area (Å²) in [5.41, 5.74) is 4.49. The zero-order chi connectivity index (χ0) is 31.9. The quantitative estimate of drug-likeness (QED) is 0.107. The van der Waals surface area contributed by atoms with Crippen LogP contribution in [0.15, 0.2) is 36.4 Å². The molecule has 0 amide bonds. The molecule has 0 heterocycles. The highest BCUT2D eigenvalue weighted by Crippen LogP contribution is 2.40. The summed E-state index contributed by atoms with van der Waals surface area (Å²) in [6.45, 7) is 3.34. The van der Waals surface area contributed by atoms with Gasteiger partial charge in [0.1, 0.15) is 23.0 Å². The third-order valence-corrected chi connectivity index (χ3v) is 7.24. The largest absolute Gasteiger partial charge is 0.496 e. The fourth-order valence-electron chi connectivity index (χ4n) is 4.79. The first-order valence-electron chi connectivity index (χ1n) is 14.6. The lowest BCUT2D eigenvalue weighted by molar-refractivity contribution is 0.190. The van der Waals surface area contributed by atoms with Crippen molar-refractivity contribution in [1.82, 2.24) is 0 Å². The highest BCUT2D eigenvalue weighted by Gasteiger charge is 2.14. The molecule has 3 aromatic carbocycles. The molecule has 0 saturated heterocycles. The predicted octanol–water partition coefficient (Wildman–Crippen LogP) is 7.97. The first-order valence-corrected chi connectivity index (χ1v) is 14.6. The average molecular weight is 607 g/mol. The second-order valence-corrected chi connectivity index (χ2v) is 10.1. The molecule has 0 aromatic heterocycles. The van der Waals surface area contributed by atoms with Gasteiger partial charge in [0.05, 0.1) is 49.3 Å². The maximum Gasteiger partial charge on any atom is 0.203 e. The molecule has 0 aliphatic carbocycles. The van der Waals surface area contributed by atoms with Crippen LogP contribution in [0.3, 0.4) is 0 Å². The average Bonchev–Trinajstić information content (AvgIpc) is 3.06. The Morgan fingerprint density at radius 3 is 1.27 bits per heavy atom. The summed E-state index contributed by atoms with van der Waals surface area (Å²) in [6.07, 6.45) is 12.1. The van der Waals surface area contributed by atoms with Gasteiger partial charge in [0, 0.05) is 30.4 Å². The maximum atomic E-state index is 6.08. The van der Waals surface area contributed by atoms with Crippen molar-refractivity contribution in [3.05, 3.63) is 64.2 Å². The number of hydrogen-bond acceptors (Lipinski definition) is 8. The standard InChI is InChI=1S/C36H46O8/c1-25-30(38-3)19-26(20-31(25)39-4)13-15-28-23-33(41-6)29(24-32(28)40-5)16-14-27-21-34(42-7)36(35(22-27)43-8)44-18-12-10-9-11-17-37-2/h13-16,19-24H,9-12,17-18H2,1-8H3/b15-13+,16-14+. The van der Waals surface area contributed by atoms with E-state index in [1.807, 2.05) is 67.6 Å². The lowest BCUT2D eigenvalue weighted by atomic mass is 10.0. The van der Waals surface area contributed by atoms with Crippen molar-refractivity contribution in [2.45, 2.75) is 32.6 Å². The minimum absolute atomic E-state index is 0.581. The molecule has 8 nitrogen and oxygen atoms in total. The molecule has 0 aliphatic rings. The van der Waals surface area contributed by atoms with E-state index in [2.05, 4.69) is 0 Å². The molecule has 3 rings (SSSR count). The van der Waals surface area contributed by atoms with Crippen LogP contribution in [-0.4, -0.2) is 63.0 Å². The fourth-order valence-corrected chi connectivity index (χ4v) is 4.79. The summed E-state index contributed by atoms with van der Waals surface area (Å²) in [5.74, 6) is 4.74. The molecule has 0 N–H and O–H groups in total. The Balaban J connectivity index is 1.84. The molecule has 238 valence electrons. The molecule has 8 heteroatoms. The number of rotatable bonds is 18. The summed E-state index contributed by atoms with van der Waals surface area (Å²) in [4.78, 5) is 0. The monoisotopic (exact) mass is 606 g/mol. The van der Waals surface area contributed by atoms with Gasteiger partial charge in [0.2, 0.25) is 5.75 Å². The van der Waals surface area contributed by atoms with Crippen molar-refractivity contribution in [2.24, 2.45) is 0 Å². The summed E-state index contributed by atoms with van der Waals surface area (Å²) in [5, 5.41) is 0. The van der Waals surface area contributed by atoms with Gasteiger partial charge in [0.25, 0.3) is 0 Å². The molecule has 3 aromatic rings. The second kappa shape index (κ2) is 17.7. The van der Waals surface area contributed by atoms with Gasteiger partial charge in [-0.15, -0.1) is 0 Å². The molecule has 0 atom stereocenters. The molecular weight excluding hydrogens is 560 g/mol. The lowest BCUT2D eigenvalue weighted by Crippen LogP contribution is -2.02. The van der Waals surface area contributed by atoms with Crippen molar-refractivity contribution in [1.29, 1.82) is 0 Å². The van der Waals surface area contributed by atoms with E-state index < -0.39 is 0 Å². The van der Waals surface area contributed by atoms with Gasteiger partial charge in [-0.1, -0.05) is 30.7 Å². The third kappa shape index (κ3) is 9.10. The topological polar surface area (TPSA) is 73.8 Å². The zero-order valence-electron chi connectivity index (χ0n) is 27.3. The molecule has 0 bridgehead atoms. The predicted molar refractivity (Wildman–Crippen MR) is 177 cm³/mol. The molecule has 0 aliphatic heterocycles. The van der Waals surface area contributed by atoms with Gasteiger partial charge in [-0.2, -0.15) is 0 Å². The van der Waals surface area contributed by atoms with Crippen LogP contribution in [0.25, 0.3) is 24.3 Å². The van der Waals surface area contributed by atoms with Crippen molar-refractivity contribution in [2.75, 3.05) is 63.0 Å². The van der Waals surface area contributed by atoms with Crippen LogP contribution >= 0.6 is 0 Å². The Morgan fingerprint density at radius 2 is 0.864 bits per heavy atom. The number of ether oxygens (including phenoxy) is 8. The molecule has 44 heavy (non-hydrogen) atoms. The first kappa shape index (κ1) is 34.2. The van der Waals surface area contributed by atoms with E-state index in [4.69, 9.17) is 37.9 Å². The Kier molecular flexibility index (Phi) is 13.8. The summed E-state index contributed by atoms with van der Waals surface area (Å²) in [6, 6.07) is 11.7. The second-order valence-electron chi connectivity index (χ2n) is 10.1. The van der Waals surface area contributed by atoms with Crippen LogP contribution in [0.4, 0.5) is 0 Å². The number of benzene rings is 3. The Morgan fingerprint density at radius 1 is 0.455 bits per heavy atom. The van der Waals surface area contributed by atoms with E-state index in [0.29, 0.717) is 35.4 Å². The Bertz CT molecular complexity index is 1360. The van der Waals surface area contributed by atoms with Crippen LogP contribution in [0, 0.1) is 6.92 Å². The van der Waals surface area contributed by atoms with Gasteiger partial charge < -0.3 is 37.9 Å². The van der Waals surface area contributed by atoms with Gasteiger partial charge in [-0.05, 0) is 73.7 Å². The summed E-state index contributed by atoms with van der Waals surface area (Å²) in [7, 11) is 11.6. The molecule has 0 spiro atoms. The SMILES string of the molecule is COCCCCCCOc1c(OC)cc(/C=C/c2cc(OC)c(/C=C/c3cc(OC)c(C)c(OC)c3)cc2OC)cc1OC. The third-order valence-electron chi connectivity index (χ3n) is 7.24. The van der Waals surface area contributed by atoms with Crippen molar-refractivity contribution in [3.8, 4) is 40.2 Å². The smallest absolute Gasteiger partial charge is 0.203 e. The normalized spacial score (nSPS) is 11.2. The molecule has 0 fully saturated rings. The van der Waals surface area contributed by atoms with Crippen molar-refractivity contribution in [3.63, 3.8) is 0 Å². The van der Waals surface area contributed by atoms with Crippen LogP contribution in [-0.2, 0) is 4.74 Å². The first-order chi connectivity index (χ1) is 21.4. The van der Waals surface area contributed by atoms with E-state index >= 15 is 0 Å². The lowest BCUT2D eigenvalue weighted by Gasteiger charge is -2.15. The number of unbranched alkanes of at least 4 members (excludes halogenated alkanes) is 3. The number of hydrogen-bond donors (Lipinski definition) is 0. The Labute approximate surface area is 262 Å². The fraction of sp³-hybridized carbons (Fsp3) is 0.389. The van der Waals surface area contributed by atoms with E-state index in [1.165, 1.54) is 0 Å². The van der Waals surface area contributed by atoms with Gasteiger partial charge in [-0.25, -0.2) is 0 Å². The molecule has 0 unspecified atom stereocenters. The Hall–Kier alpha value is -4.30.